The number of carbonyl (C=O) groups is 2. The molecule has 0 radical (unpaired) electrons. The zero-order valence-corrected chi connectivity index (χ0v) is 10.8. The highest BCUT2D eigenvalue weighted by molar-refractivity contribution is 5.93. The Morgan fingerprint density at radius 3 is 2.57 bits per heavy atom. The summed E-state index contributed by atoms with van der Waals surface area (Å²) < 4.78 is 38.1. The lowest BCUT2D eigenvalue weighted by molar-refractivity contribution is -0.137. The van der Waals surface area contributed by atoms with Crippen LogP contribution in [0.2, 0.25) is 0 Å². The predicted molar refractivity (Wildman–Crippen MR) is 66.2 cm³/mol. The molecule has 1 aromatic rings. The van der Waals surface area contributed by atoms with Gasteiger partial charge in [-0.1, -0.05) is 12.1 Å². The third kappa shape index (κ3) is 2.99. The highest BCUT2D eigenvalue weighted by Gasteiger charge is 2.34. The first-order chi connectivity index (χ1) is 9.70. The van der Waals surface area contributed by atoms with Crippen LogP contribution in [-0.2, 0) is 11.0 Å². The lowest BCUT2D eigenvalue weighted by Crippen LogP contribution is -2.45. The Hall–Kier alpha value is -2.51. The minimum Gasteiger partial charge on any atom is -0.478 e. The second-order valence-electron chi connectivity index (χ2n) is 4.50. The van der Waals surface area contributed by atoms with E-state index in [1.807, 2.05) is 0 Å². The number of aliphatic carboxylic acids is 1. The van der Waals surface area contributed by atoms with Gasteiger partial charge in [-0.05, 0) is 24.6 Å². The molecule has 0 unspecified atom stereocenters. The summed E-state index contributed by atoms with van der Waals surface area (Å²) in [7, 11) is 0. The van der Waals surface area contributed by atoms with E-state index in [1.165, 1.54) is 19.1 Å². The van der Waals surface area contributed by atoms with Gasteiger partial charge in [-0.15, -0.1) is 0 Å². The molecule has 21 heavy (non-hydrogen) atoms. The van der Waals surface area contributed by atoms with Crippen LogP contribution in [0.25, 0.3) is 0 Å². The maximum Gasteiger partial charge on any atom is 0.416 e. The Labute approximate surface area is 117 Å². The Balaban J connectivity index is 2.51. The highest BCUT2D eigenvalue weighted by Crippen LogP contribution is 2.33. The molecule has 0 saturated carbocycles. The molecule has 0 saturated heterocycles. The van der Waals surface area contributed by atoms with Crippen molar-refractivity contribution in [3.63, 3.8) is 0 Å². The van der Waals surface area contributed by atoms with Gasteiger partial charge in [-0.25, -0.2) is 9.59 Å². The molecule has 0 fully saturated rings. The van der Waals surface area contributed by atoms with Crippen LogP contribution in [0.1, 0.15) is 24.1 Å². The van der Waals surface area contributed by atoms with Gasteiger partial charge in [0, 0.05) is 5.70 Å². The smallest absolute Gasteiger partial charge is 0.416 e. The number of carbonyl (C=O) groups excluding carboxylic acids is 1. The summed E-state index contributed by atoms with van der Waals surface area (Å²) in [6, 6.07) is 2.40. The van der Waals surface area contributed by atoms with Gasteiger partial charge >= 0.3 is 18.2 Å². The molecule has 0 aliphatic carbocycles. The van der Waals surface area contributed by atoms with Crippen molar-refractivity contribution in [1.29, 1.82) is 0 Å². The van der Waals surface area contributed by atoms with Gasteiger partial charge in [0.05, 0.1) is 17.2 Å². The van der Waals surface area contributed by atoms with Crippen molar-refractivity contribution in [2.75, 3.05) is 0 Å². The Kier molecular flexibility index (Phi) is 3.63. The van der Waals surface area contributed by atoms with Crippen LogP contribution in [0, 0.1) is 0 Å². The number of urea groups is 1. The SMILES string of the molecule is CC1=C(C(=O)O)[C@@H](c2cccc(C(F)(F)F)c2)NC(=O)N1. The van der Waals surface area contributed by atoms with E-state index in [1.54, 1.807) is 0 Å². The number of nitrogens with one attached hydrogen (secondary N) is 2. The first-order valence-electron chi connectivity index (χ1n) is 5.89. The molecule has 0 spiro atoms. The van der Waals surface area contributed by atoms with Crippen molar-refractivity contribution >= 4 is 12.0 Å². The normalized spacial score (nSPS) is 19.0. The van der Waals surface area contributed by atoms with E-state index in [9.17, 15) is 27.9 Å². The fourth-order valence-electron chi connectivity index (χ4n) is 2.12. The minimum absolute atomic E-state index is 0.0522. The van der Waals surface area contributed by atoms with Crippen LogP contribution < -0.4 is 10.6 Å². The summed E-state index contributed by atoms with van der Waals surface area (Å²) in [5, 5.41) is 13.8. The molecule has 8 heteroatoms. The van der Waals surface area contributed by atoms with Gasteiger partial charge < -0.3 is 15.7 Å². The molecular weight excluding hydrogens is 289 g/mol. The van der Waals surface area contributed by atoms with E-state index in [4.69, 9.17) is 0 Å². The standard InChI is InChI=1S/C13H11F3N2O3/c1-6-9(11(19)20)10(18-12(21)17-6)7-3-2-4-8(5-7)13(14,15)16/h2-5,10H,1H3,(H,19,20)(H2,17,18,21)/t10-/m1/s1. The van der Waals surface area contributed by atoms with Crippen molar-refractivity contribution in [2.45, 2.75) is 19.1 Å². The van der Waals surface area contributed by atoms with Crippen molar-refractivity contribution in [2.24, 2.45) is 0 Å². The molecular formula is C13H11F3N2O3. The lowest BCUT2D eigenvalue weighted by Gasteiger charge is -2.27. The molecule has 112 valence electrons. The topological polar surface area (TPSA) is 78.4 Å². The van der Waals surface area contributed by atoms with E-state index in [0.717, 1.165) is 12.1 Å². The number of hydrogen-bond acceptors (Lipinski definition) is 2. The maximum atomic E-state index is 12.7. The summed E-state index contributed by atoms with van der Waals surface area (Å²) in [4.78, 5) is 22.7. The number of carboxylic acids is 1. The van der Waals surface area contributed by atoms with Crippen molar-refractivity contribution in [3.05, 3.63) is 46.7 Å². The number of allylic oxidation sites excluding steroid dienone is 1. The van der Waals surface area contributed by atoms with E-state index >= 15 is 0 Å². The molecule has 1 aromatic carbocycles. The molecule has 1 atom stereocenters. The quantitative estimate of drug-likeness (QED) is 0.785. The van der Waals surface area contributed by atoms with Crippen LogP contribution in [-0.4, -0.2) is 17.1 Å². The second kappa shape index (κ2) is 5.12. The van der Waals surface area contributed by atoms with E-state index < -0.39 is 29.8 Å². The van der Waals surface area contributed by atoms with Gasteiger partial charge in [0.1, 0.15) is 0 Å². The monoisotopic (exact) mass is 300 g/mol. The largest absolute Gasteiger partial charge is 0.478 e. The highest BCUT2D eigenvalue weighted by atomic mass is 19.4. The molecule has 1 heterocycles. The van der Waals surface area contributed by atoms with Crippen molar-refractivity contribution in [1.82, 2.24) is 10.6 Å². The van der Waals surface area contributed by atoms with Gasteiger partial charge in [0.15, 0.2) is 0 Å². The zero-order valence-electron chi connectivity index (χ0n) is 10.8. The number of carboxylic acid groups (broad SMARTS) is 1. The average molecular weight is 300 g/mol. The molecule has 0 bridgehead atoms. The summed E-state index contributed by atoms with van der Waals surface area (Å²) in [6.07, 6.45) is -4.55. The van der Waals surface area contributed by atoms with Gasteiger partial charge in [0.25, 0.3) is 0 Å². The maximum absolute atomic E-state index is 12.7. The van der Waals surface area contributed by atoms with Gasteiger partial charge in [-0.3, -0.25) is 0 Å². The molecule has 0 aromatic heterocycles. The van der Waals surface area contributed by atoms with E-state index in [2.05, 4.69) is 10.6 Å². The second-order valence-corrected chi connectivity index (χ2v) is 4.50. The predicted octanol–water partition coefficient (Wildman–Crippen LogP) is 2.42. The summed E-state index contributed by atoms with van der Waals surface area (Å²) in [5.74, 6) is -1.32. The minimum atomic E-state index is -4.55. The number of amides is 2. The number of rotatable bonds is 2. The zero-order chi connectivity index (χ0) is 15.8. The first kappa shape index (κ1) is 14.9. The Morgan fingerprint density at radius 1 is 1.33 bits per heavy atom. The molecule has 1 aliphatic rings. The summed E-state index contributed by atoms with van der Waals surface area (Å²) in [6.45, 7) is 1.38. The molecule has 2 amide bonds. The Bertz CT molecular complexity index is 638. The number of benzene rings is 1. The van der Waals surface area contributed by atoms with Crippen molar-refractivity contribution < 1.29 is 27.9 Å². The molecule has 1 aliphatic heterocycles. The fraction of sp³-hybridized carbons (Fsp3) is 0.231. The van der Waals surface area contributed by atoms with Crippen LogP contribution in [0.5, 0.6) is 0 Å². The number of hydrogen-bond donors (Lipinski definition) is 3. The first-order valence-corrected chi connectivity index (χ1v) is 5.89. The van der Waals surface area contributed by atoms with Gasteiger partial charge in [-0.2, -0.15) is 13.2 Å². The molecule has 2 rings (SSSR count). The Morgan fingerprint density at radius 2 is 2.00 bits per heavy atom. The lowest BCUT2D eigenvalue weighted by atomic mass is 9.94. The molecule has 3 N–H and O–H groups in total. The van der Waals surface area contributed by atoms with E-state index in [-0.39, 0.29) is 16.8 Å². The fourth-order valence-corrected chi connectivity index (χ4v) is 2.12. The number of halogens is 3. The third-order valence-corrected chi connectivity index (χ3v) is 3.05. The number of alkyl halides is 3. The van der Waals surface area contributed by atoms with Crippen LogP contribution in [0.15, 0.2) is 35.5 Å². The van der Waals surface area contributed by atoms with Crippen LogP contribution in [0.4, 0.5) is 18.0 Å². The summed E-state index contributed by atoms with van der Waals surface area (Å²) >= 11 is 0. The summed E-state index contributed by atoms with van der Waals surface area (Å²) in [5.41, 5.74) is -0.964. The van der Waals surface area contributed by atoms with Gasteiger partial charge in [0.2, 0.25) is 0 Å². The third-order valence-electron chi connectivity index (χ3n) is 3.05. The van der Waals surface area contributed by atoms with Crippen molar-refractivity contribution in [3.8, 4) is 0 Å². The molecule has 5 nitrogen and oxygen atoms in total. The van der Waals surface area contributed by atoms with Crippen LogP contribution >= 0.6 is 0 Å². The van der Waals surface area contributed by atoms with E-state index in [0.29, 0.717) is 0 Å². The van der Waals surface area contributed by atoms with Crippen LogP contribution in [0.3, 0.4) is 0 Å². The average Bonchev–Trinajstić information content (AvgIpc) is 2.36.